The average molecular weight is 438 g/mol. The number of hydrazone groups is 1. The number of hydrogen-bond donors (Lipinski definition) is 1. The van der Waals surface area contributed by atoms with Gasteiger partial charge in [0, 0.05) is 26.6 Å². The Bertz CT molecular complexity index is 711. The van der Waals surface area contributed by atoms with Crippen LogP contribution in [0.25, 0.3) is 0 Å². The quantitative estimate of drug-likeness (QED) is 0.333. The lowest BCUT2D eigenvalue weighted by atomic mass is 9.95. The van der Waals surface area contributed by atoms with Gasteiger partial charge in [-0.2, -0.15) is 9.49 Å². The summed E-state index contributed by atoms with van der Waals surface area (Å²) >= 11 is 9.93. The molecule has 0 aliphatic carbocycles. The second-order valence-corrected chi connectivity index (χ2v) is 7.34. The van der Waals surface area contributed by atoms with Crippen molar-refractivity contribution in [1.29, 1.82) is 0 Å². The van der Waals surface area contributed by atoms with Crippen LogP contribution in [0.1, 0.15) is 0 Å². The molecule has 2 amide bonds. The summed E-state index contributed by atoms with van der Waals surface area (Å²) in [6.07, 6.45) is 0. The SMILES string of the molecule is C=C(Cl)N(C)/N=C(\Br)[C@H]1CN(C)C(=O)[C@@H]1C(=O)Nc1ccsc1F. The van der Waals surface area contributed by atoms with Crippen molar-refractivity contribution < 1.29 is 14.0 Å². The number of carbonyl (C=O) groups is 2. The van der Waals surface area contributed by atoms with Gasteiger partial charge in [-0.05, 0) is 27.4 Å². The predicted molar refractivity (Wildman–Crippen MR) is 96.6 cm³/mol. The Hall–Kier alpha value is -1.45. The van der Waals surface area contributed by atoms with Gasteiger partial charge in [-0.15, -0.1) is 11.3 Å². The molecule has 2 atom stereocenters. The molecule has 1 fully saturated rings. The molecule has 130 valence electrons. The molecule has 1 aliphatic heterocycles. The van der Waals surface area contributed by atoms with Gasteiger partial charge in [-0.1, -0.05) is 18.2 Å². The average Bonchev–Trinajstić information content (AvgIpc) is 3.03. The van der Waals surface area contributed by atoms with Crippen LogP contribution in [0.5, 0.6) is 0 Å². The molecule has 1 aliphatic rings. The number of anilines is 1. The summed E-state index contributed by atoms with van der Waals surface area (Å²) in [5, 5.41) is 9.15. The van der Waals surface area contributed by atoms with E-state index in [1.54, 1.807) is 14.1 Å². The van der Waals surface area contributed by atoms with Crippen LogP contribution in [0.3, 0.4) is 0 Å². The van der Waals surface area contributed by atoms with E-state index in [0.717, 1.165) is 11.3 Å². The maximum atomic E-state index is 13.5. The van der Waals surface area contributed by atoms with Gasteiger partial charge in [0.25, 0.3) is 0 Å². The standard InChI is InChI=1S/C14H15BrClFN4O2S/c1-7(16)21(3)19-11(15)8-6-20(2)14(23)10(8)13(22)18-9-4-5-24-12(9)17/h4-5,8,10H,1,6H2,2-3H3,(H,18,22)/b19-11-/t8-,10-/m0/s1. The maximum Gasteiger partial charge on any atom is 0.237 e. The Labute approximate surface area is 156 Å². The minimum Gasteiger partial charge on any atom is -0.344 e. The zero-order valence-electron chi connectivity index (χ0n) is 12.9. The molecule has 1 aromatic heterocycles. The van der Waals surface area contributed by atoms with Crippen molar-refractivity contribution in [3.8, 4) is 0 Å². The number of nitrogens with one attached hydrogen (secondary N) is 1. The van der Waals surface area contributed by atoms with Crippen LogP contribution in [0.15, 0.2) is 28.3 Å². The van der Waals surface area contributed by atoms with Crippen molar-refractivity contribution in [3.05, 3.63) is 28.3 Å². The molecule has 0 unspecified atom stereocenters. The zero-order valence-corrected chi connectivity index (χ0v) is 16.1. The van der Waals surface area contributed by atoms with Crippen LogP contribution in [0.2, 0.25) is 0 Å². The molecule has 0 spiro atoms. The van der Waals surface area contributed by atoms with Gasteiger partial charge in [0.2, 0.25) is 11.8 Å². The van der Waals surface area contributed by atoms with Crippen molar-refractivity contribution >= 4 is 61.0 Å². The molecule has 2 rings (SSSR count). The number of halogens is 3. The minimum absolute atomic E-state index is 0.0606. The van der Waals surface area contributed by atoms with Gasteiger partial charge in [-0.25, -0.2) is 0 Å². The fourth-order valence-corrected chi connectivity index (χ4v) is 3.53. The largest absolute Gasteiger partial charge is 0.344 e. The molecule has 2 heterocycles. The zero-order chi connectivity index (χ0) is 18.0. The first-order chi connectivity index (χ1) is 11.2. The van der Waals surface area contributed by atoms with E-state index in [0.29, 0.717) is 11.2 Å². The monoisotopic (exact) mass is 436 g/mol. The Balaban J connectivity index is 2.24. The topological polar surface area (TPSA) is 65.0 Å². The highest BCUT2D eigenvalue weighted by atomic mass is 79.9. The third kappa shape index (κ3) is 3.96. The summed E-state index contributed by atoms with van der Waals surface area (Å²) in [4.78, 5) is 26.3. The number of carbonyl (C=O) groups excluding carboxylic acids is 2. The fraction of sp³-hybridized carbons (Fsp3) is 0.357. The Morgan fingerprint density at radius 1 is 1.67 bits per heavy atom. The molecule has 10 heteroatoms. The summed E-state index contributed by atoms with van der Waals surface area (Å²) in [6.45, 7) is 3.85. The van der Waals surface area contributed by atoms with Gasteiger partial charge in [0.1, 0.15) is 15.7 Å². The number of nitrogens with zero attached hydrogens (tertiary/aromatic N) is 3. The van der Waals surface area contributed by atoms with Crippen LogP contribution in [0.4, 0.5) is 10.1 Å². The molecule has 0 saturated carbocycles. The van der Waals surface area contributed by atoms with Gasteiger partial charge in [0.05, 0.1) is 5.69 Å². The fourth-order valence-electron chi connectivity index (χ4n) is 2.27. The highest BCUT2D eigenvalue weighted by Gasteiger charge is 2.45. The van der Waals surface area contributed by atoms with Gasteiger partial charge in [-0.3, -0.25) is 14.6 Å². The van der Waals surface area contributed by atoms with E-state index in [-0.39, 0.29) is 16.8 Å². The number of amides is 2. The van der Waals surface area contributed by atoms with Crippen molar-refractivity contribution in [2.45, 2.75) is 0 Å². The van der Waals surface area contributed by atoms with Crippen molar-refractivity contribution in [2.24, 2.45) is 16.9 Å². The molecule has 6 nitrogen and oxygen atoms in total. The second-order valence-electron chi connectivity index (χ2n) is 5.22. The molecule has 1 N–H and O–H groups in total. The maximum absolute atomic E-state index is 13.5. The summed E-state index contributed by atoms with van der Waals surface area (Å²) < 4.78 is 13.9. The molecule has 1 saturated heterocycles. The molecule has 24 heavy (non-hydrogen) atoms. The molecular formula is C14H15BrClFN4O2S. The van der Waals surface area contributed by atoms with E-state index in [4.69, 9.17) is 11.6 Å². The number of hydrogen-bond acceptors (Lipinski definition) is 5. The lowest BCUT2D eigenvalue weighted by Gasteiger charge is -2.17. The van der Waals surface area contributed by atoms with Gasteiger partial charge in [0.15, 0.2) is 5.13 Å². The minimum atomic E-state index is -1.01. The lowest BCUT2D eigenvalue weighted by Crippen LogP contribution is -2.35. The van der Waals surface area contributed by atoms with E-state index in [1.165, 1.54) is 21.4 Å². The first-order valence-electron chi connectivity index (χ1n) is 6.83. The third-order valence-corrected chi connectivity index (χ3v) is 5.27. The summed E-state index contributed by atoms with van der Waals surface area (Å²) in [5.41, 5.74) is 0.0606. The Morgan fingerprint density at radius 3 is 2.88 bits per heavy atom. The van der Waals surface area contributed by atoms with Crippen LogP contribution in [-0.2, 0) is 9.59 Å². The number of likely N-dealkylation sites (tertiary alicyclic amines) is 1. The summed E-state index contributed by atoms with van der Waals surface area (Å²) in [6, 6.07) is 1.45. The summed E-state index contributed by atoms with van der Waals surface area (Å²) in [5.74, 6) is -2.45. The van der Waals surface area contributed by atoms with E-state index in [1.807, 2.05) is 0 Å². The normalized spacial score (nSPS) is 21.1. The van der Waals surface area contributed by atoms with Crippen LogP contribution < -0.4 is 5.32 Å². The number of rotatable bonds is 5. The molecular weight excluding hydrogens is 423 g/mol. The third-order valence-electron chi connectivity index (χ3n) is 3.58. The first-order valence-corrected chi connectivity index (χ1v) is 8.88. The smallest absolute Gasteiger partial charge is 0.237 e. The van der Waals surface area contributed by atoms with Crippen molar-refractivity contribution in [1.82, 2.24) is 9.91 Å². The highest BCUT2D eigenvalue weighted by molar-refractivity contribution is 9.18. The Morgan fingerprint density at radius 2 is 2.33 bits per heavy atom. The molecule has 1 aromatic rings. The number of thiophene rings is 1. The van der Waals surface area contributed by atoms with Crippen molar-refractivity contribution in [2.75, 3.05) is 26.0 Å². The van der Waals surface area contributed by atoms with E-state index in [2.05, 4.69) is 32.9 Å². The first kappa shape index (κ1) is 18.9. The summed E-state index contributed by atoms with van der Waals surface area (Å²) in [7, 11) is 3.19. The Kier molecular flexibility index (Phi) is 6.00. The second kappa shape index (κ2) is 7.62. The van der Waals surface area contributed by atoms with E-state index in [9.17, 15) is 14.0 Å². The lowest BCUT2D eigenvalue weighted by molar-refractivity contribution is -0.135. The van der Waals surface area contributed by atoms with Gasteiger partial charge < -0.3 is 10.2 Å². The van der Waals surface area contributed by atoms with Crippen LogP contribution in [0, 0.1) is 17.0 Å². The van der Waals surface area contributed by atoms with Crippen LogP contribution >= 0.6 is 38.9 Å². The van der Waals surface area contributed by atoms with E-state index >= 15 is 0 Å². The molecule has 0 bridgehead atoms. The molecule has 0 aromatic carbocycles. The van der Waals surface area contributed by atoms with Gasteiger partial charge >= 0.3 is 0 Å². The molecule has 0 radical (unpaired) electrons. The van der Waals surface area contributed by atoms with Crippen LogP contribution in [-0.4, -0.2) is 47.0 Å². The predicted octanol–water partition coefficient (Wildman–Crippen LogP) is 2.88. The van der Waals surface area contributed by atoms with Crippen molar-refractivity contribution in [3.63, 3.8) is 0 Å². The highest BCUT2D eigenvalue weighted by Crippen LogP contribution is 2.30. The van der Waals surface area contributed by atoms with E-state index < -0.39 is 22.9 Å².